The van der Waals surface area contributed by atoms with E-state index in [0.29, 0.717) is 19.8 Å². The summed E-state index contributed by atoms with van der Waals surface area (Å²) >= 11 is 0. The third-order valence-corrected chi connectivity index (χ3v) is 5.31. The van der Waals surface area contributed by atoms with E-state index in [2.05, 4.69) is 5.32 Å². The first-order valence-electron chi connectivity index (χ1n) is 7.47. The molecule has 0 atom stereocenters. The van der Waals surface area contributed by atoms with Gasteiger partial charge < -0.3 is 10.1 Å². The van der Waals surface area contributed by atoms with Crippen molar-refractivity contribution < 1.29 is 17.9 Å². The lowest BCUT2D eigenvalue weighted by Gasteiger charge is -2.19. The van der Waals surface area contributed by atoms with Gasteiger partial charge in [-0.15, -0.1) is 0 Å². The second-order valence-electron chi connectivity index (χ2n) is 5.06. The molecule has 122 valence electrons. The Hall–Kier alpha value is -1.60. The number of carbonyl (C=O) groups is 1. The van der Waals surface area contributed by atoms with Crippen LogP contribution in [0.25, 0.3) is 0 Å². The van der Waals surface area contributed by atoms with Crippen LogP contribution in [-0.2, 0) is 26.0 Å². The van der Waals surface area contributed by atoms with E-state index in [-0.39, 0.29) is 24.6 Å². The molecule has 0 bridgehead atoms. The number of ether oxygens (including phenoxy) is 1. The third kappa shape index (κ3) is 4.20. The summed E-state index contributed by atoms with van der Waals surface area (Å²) in [5, 5.41) is 2.62. The largest absolute Gasteiger partial charge is 0.381 e. The van der Waals surface area contributed by atoms with Gasteiger partial charge >= 0.3 is 0 Å². The average Bonchev–Trinajstić information content (AvgIpc) is 2.92. The lowest BCUT2D eigenvalue weighted by atomic mass is 10.2. The molecule has 1 heterocycles. The number of sulfonamides is 1. The Kier molecular flexibility index (Phi) is 5.79. The Balaban J connectivity index is 1.84. The van der Waals surface area contributed by atoms with E-state index in [0.717, 1.165) is 17.7 Å². The van der Waals surface area contributed by atoms with Crippen LogP contribution in [0.4, 0.5) is 5.69 Å². The molecule has 1 N–H and O–H groups in total. The number of nitrogens with one attached hydrogen (secondary N) is 1. The standard InChI is InChI=1S/C15H22N2O4S/c1-2-21-11-8-15(18)16-9-12-22(19,20)17-10-7-13-5-3-4-6-14(13)17/h3-6H,2,7-12H2,1H3,(H,16,18). The van der Waals surface area contributed by atoms with Gasteiger partial charge in [0.15, 0.2) is 0 Å². The van der Waals surface area contributed by atoms with Gasteiger partial charge in [0, 0.05) is 26.1 Å². The highest BCUT2D eigenvalue weighted by Crippen LogP contribution is 2.29. The molecule has 0 saturated carbocycles. The normalized spacial score (nSPS) is 14.0. The van der Waals surface area contributed by atoms with Crippen LogP contribution in [0.15, 0.2) is 24.3 Å². The van der Waals surface area contributed by atoms with Crippen LogP contribution in [0.2, 0.25) is 0 Å². The molecule has 0 saturated heterocycles. The monoisotopic (exact) mass is 326 g/mol. The van der Waals surface area contributed by atoms with Crippen molar-refractivity contribution in [2.45, 2.75) is 19.8 Å². The molecule has 0 radical (unpaired) electrons. The number of benzene rings is 1. The molecular weight excluding hydrogens is 304 g/mol. The number of rotatable bonds is 8. The van der Waals surface area contributed by atoms with E-state index in [4.69, 9.17) is 4.74 Å². The molecule has 0 aliphatic carbocycles. The van der Waals surface area contributed by atoms with Crippen molar-refractivity contribution >= 4 is 21.6 Å². The van der Waals surface area contributed by atoms with Gasteiger partial charge in [-0.05, 0) is 25.0 Å². The highest BCUT2D eigenvalue weighted by Gasteiger charge is 2.28. The van der Waals surface area contributed by atoms with Crippen molar-refractivity contribution in [1.29, 1.82) is 0 Å². The maximum Gasteiger partial charge on any atom is 0.236 e. The summed E-state index contributed by atoms with van der Waals surface area (Å²) < 4.78 is 31.3. The van der Waals surface area contributed by atoms with Gasteiger partial charge in [-0.1, -0.05) is 18.2 Å². The summed E-state index contributed by atoms with van der Waals surface area (Å²) in [7, 11) is -3.41. The van der Waals surface area contributed by atoms with Crippen molar-refractivity contribution in [3.05, 3.63) is 29.8 Å². The fraction of sp³-hybridized carbons (Fsp3) is 0.533. The van der Waals surface area contributed by atoms with E-state index in [1.165, 1.54) is 4.31 Å². The second-order valence-corrected chi connectivity index (χ2v) is 7.08. The molecule has 0 spiro atoms. The summed E-state index contributed by atoms with van der Waals surface area (Å²) in [6.07, 6.45) is 0.983. The van der Waals surface area contributed by atoms with Crippen molar-refractivity contribution in [2.75, 3.05) is 36.4 Å². The van der Waals surface area contributed by atoms with Gasteiger partial charge in [0.25, 0.3) is 0 Å². The zero-order valence-corrected chi connectivity index (χ0v) is 13.6. The zero-order chi connectivity index (χ0) is 16.0. The minimum atomic E-state index is -3.41. The number of hydrogen-bond acceptors (Lipinski definition) is 4. The van der Waals surface area contributed by atoms with Crippen LogP contribution in [0.3, 0.4) is 0 Å². The molecule has 1 aromatic rings. The number of nitrogens with zero attached hydrogens (tertiary/aromatic N) is 1. The molecule has 1 amide bonds. The molecule has 0 fully saturated rings. The molecule has 0 unspecified atom stereocenters. The van der Waals surface area contributed by atoms with Crippen molar-refractivity contribution in [3.63, 3.8) is 0 Å². The lowest BCUT2D eigenvalue weighted by molar-refractivity contribution is -0.122. The Morgan fingerprint density at radius 3 is 2.91 bits per heavy atom. The van der Waals surface area contributed by atoms with Crippen LogP contribution in [0, 0.1) is 0 Å². The van der Waals surface area contributed by atoms with Crippen molar-refractivity contribution in [1.82, 2.24) is 5.32 Å². The first kappa shape index (κ1) is 16.8. The Morgan fingerprint density at radius 1 is 1.36 bits per heavy atom. The smallest absolute Gasteiger partial charge is 0.236 e. The highest BCUT2D eigenvalue weighted by molar-refractivity contribution is 7.92. The van der Waals surface area contributed by atoms with E-state index in [9.17, 15) is 13.2 Å². The van der Waals surface area contributed by atoms with E-state index in [1.54, 1.807) is 0 Å². The number of fused-ring (bicyclic) bond motifs is 1. The Bertz CT molecular complexity index is 616. The quantitative estimate of drug-likeness (QED) is 0.721. The first-order valence-corrected chi connectivity index (χ1v) is 9.08. The van der Waals surface area contributed by atoms with Crippen LogP contribution in [-0.4, -0.2) is 46.4 Å². The number of para-hydroxylation sites is 1. The Morgan fingerprint density at radius 2 is 2.14 bits per heavy atom. The minimum Gasteiger partial charge on any atom is -0.381 e. The molecule has 2 rings (SSSR count). The highest BCUT2D eigenvalue weighted by atomic mass is 32.2. The fourth-order valence-electron chi connectivity index (χ4n) is 2.42. The third-order valence-electron chi connectivity index (χ3n) is 3.54. The first-order chi connectivity index (χ1) is 10.5. The SMILES string of the molecule is CCOCCC(=O)NCCS(=O)(=O)N1CCc2ccccc21. The minimum absolute atomic E-state index is 0.0955. The second kappa shape index (κ2) is 7.60. The van der Waals surface area contributed by atoms with Crippen molar-refractivity contribution in [2.24, 2.45) is 0 Å². The molecular formula is C15H22N2O4S. The molecule has 7 heteroatoms. The van der Waals surface area contributed by atoms with E-state index < -0.39 is 10.0 Å². The fourth-order valence-corrected chi connectivity index (χ4v) is 3.85. The maximum atomic E-state index is 12.4. The lowest BCUT2D eigenvalue weighted by Crippen LogP contribution is -2.37. The predicted octanol–water partition coefficient (Wildman–Crippen LogP) is 0.922. The van der Waals surface area contributed by atoms with Crippen LogP contribution < -0.4 is 9.62 Å². The maximum absolute atomic E-state index is 12.4. The summed E-state index contributed by atoms with van der Waals surface area (Å²) in [5.74, 6) is -0.285. The summed E-state index contributed by atoms with van der Waals surface area (Å²) in [6, 6.07) is 7.51. The van der Waals surface area contributed by atoms with Gasteiger partial charge in [-0.3, -0.25) is 9.10 Å². The van der Waals surface area contributed by atoms with Gasteiger partial charge in [0.2, 0.25) is 15.9 Å². The molecule has 1 aliphatic rings. The van der Waals surface area contributed by atoms with Crippen LogP contribution in [0.5, 0.6) is 0 Å². The number of amides is 1. The topological polar surface area (TPSA) is 75.7 Å². The number of hydrogen-bond donors (Lipinski definition) is 1. The predicted molar refractivity (Wildman–Crippen MR) is 85.4 cm³/mol. The van der Waals surface area contributed by atoms with E-state index >= 15 is 0 Å². The molecule has 0 aromatic heterocycles. The summed E-state index contributed by atoms with van der Waals surface area (Å²) in [4.78, 5) is 11.5. The molecule has 6 nitrogen and oxygen atoms in total. The van der Waals surface area contributed by atoms with Gasteiger partial charge in [0.1, 0.15) is 0 Å². The van der Waals surface area contributed by atoms with Gasteiger partial charge in [-0.25, -0.2) is 8.42 Å². The zero-order valence-electron chi connectivity index (χ0n) is 12.7. The number of carbonyl (C=O) groups excluding carboxylic acids is 1. The van der Waals surface area contributed by atoms with Crippen molar-refractivity contribution in [3.8, 4) is 0 Å². The average molecular weight is 326 g/mol. The number of anilines is 1. The van der Waals surface area contributed by atoms with Crippen LogP contribution in [0.1, 0.15) is 18.9 Å². The van der Waals surface area contributed by atoms with Crippen LogP contribution >= 0.6 is 0 Å². The summed E-state index contributed by atoms with van der Waals surface area (Å²) in [6.45, 7) is 3.37. The van der Waals surface area contributed by atoms with Gasteiger partial charge in [0.05, 0.1) is 18.0 Å². The summed E-state index contributed by atoms with van der Waals surface area (Å²) in [5.41, 5.74) is 1.80. The molecule has 1 aliphatic heterocycles. The van der Waals surface area contributed by atoms with Gasteiger partial charge in [-0.2, -0.15) is 0 Å². The molecule has 22 heavy (non-hydrogen) atoms. The van der Waals surface area contributed by atoms with E-state index in [1.807, 2.05) is 31.2 Å². The molecule has 1 aromatic carbocycles. The Labute approximate surface area is 131 Å².